The minimum absolute atomic E-state index is 0.0204. The average Bonchev–Trinajstić information content (AvgIpc) is 2.90. The van der Waals surface area contributed by atoms with E-state index in [-0.39, 0.29) is 11.0 Å². The lowest BCUT2D eigenvalue weighted by atomic mass is 9.81. The van der Waals surface area contributed by atoms with Crippen LogP contribution in [0.3, 0.4) is 0 Å². The van der Waals surface area contributed by atoms with Crippen molar-refractivity contribution < 1.29 is 4.74 Å². The largest absolute Gasteiger partial charge is 0.497 e. The normalized spacial score (nSPS) is 13.0. The SMILES string of the molecule is COc1ccc2nc3c(c(C(C)(C)C)c2c1)Cn1c-3cccc1=O. The summed E-state index contributed by atoms with van der Waals surface area (Å²) < 4.78 is 7.22. The summed E-state index contributed by atoms with van der Waals surface area (Å²) in [5.74, 6) is 0.822. The molecular formula is C20H20N2O2. The molecule has 122 valence electrons. The fraction of sp³-hybridized carbons (Fsp3) is 0.300. The molecule has 3 heterocycles. The first-order valence-electron chi connectivity index (χ1n) is 8.11. The van der Waals surface area contributed by atoms with Gasteiger partial charge >= 0.3 is 0 Å². The number of benzene rings is 1. The Morgan fingerprint density at radius 3 is 2.67 bits per heavy atom. The van der Waals surface area contributed by atoms with Crippen LogP contribution in [0.25, 0.3) is 22.3 Å². The lowest BCUT2D eigenvalue weighted by Crippen LogP contribution is -2.19. The Labute approximate surface area is 140 Å². The Kier molecular flexibility index (Phi) is 3.07. The zero-order valence-electron chi connectivity index (χ0n) is 14.4. The van der Waals surface area contributed by atoms with Gasteiger partial charge in [0.25, 0.3) is 5.56 Å². The van der Waals surface area contributed by atoms with Crippen LogP contribution < -0.4 is 10.3 Å². The van der Waals surface area contributed by atoms with Crippen molar-refractivity contribution in [2.75, 3.05) is 7.11 Å². The van der Waals surface area contributed by atoms with Crippen LogP contribution in [-0.4, -0.2) is 16.7 Å². The molecule has 4 heteroatoms. The van der Waals surface area contributed by atoms with Crippen molar-refractivity contribution >= 4 is 10.9 Å². The summed E-state index contributed by atoms with van der Waals surface area (Å²) in [7, 11) is 1.67. The fourth-order valence-corrected chi connectivity index (χ4v) is 3.68. The van der Waals surface area contributed by atoms with E-state index in [2.05, 4.69) is 26.8 Å². The van der Waals surface area contributed by atoms with Crippen molar-refractivity contribution in [1.82, 2.24) is 9.55 Å². The lowest BCUT2D eigenvalue weighted by molar-refractivity contribution is 0.415. The number of hydrogen-bond donors (Lipinski definition) is 0. The number of rotatable bonds is 1. The Morgan fingerprint density at radius 1 is 1.17 bits per heavy atom. The molecule has 0 amide bonds. The molecule has 0 aliphatic carbocycles. The van der Waals surface area contributed by atoms with E-state index < -0.39 is 0 Å². The van der Waals surface area contributed by atoms with Gasteiger partial charge in [0.2, 0.25) is 0 Å². The smallest absolute Gasteiger partial charge is 0.251 e. The second kappa shape index (κ2) is 4.94. The van der Waals surface area contributed by atoms with Crippen LogP contribution in [0.5, 0.6) is 5.75 Å². The molecule has 0 saturated carbocycles. The third-order valence-electron chi connectivity index (χ3n) is 4.65. The van der Waals surface area contributed by atoms with Crippen molar-refractivity contribution in [2.45, 2.75) is 32.7 Å². The van der Waals surface area contributed by atoms with Gasteiger partial charge < -0.3 is 9.30 Å². The molecule has 0 unspecified atom stereocenters. The van der Waals surface area contributed by atoms with E-state index in [4.69, 9.17) is 9.72 Å². The highest BCUT2D eigenvalue weighted by Crippen LogP contribution is 2.41. The van der Waals surface area contributed by atoms with Crippen LogP contribution >= 0.6 is 0 Å². The van der Waals surface area contributed by atoms with E-state index in [1.165, 1.54) is 5.56 Å². The van der Waals surface area contributed by atoms with Crippen LogP contribution in [0.4, 0.5) is 0 Å². The van der Waals surface area contributed by atoms with E-state index in [0.29, 0.717) is 6.54 Å². The number of hydrogen-bond acceptors (Lipinski definition) is 3. The van der Waals surface area contributed by atoms with E-state index in [1.54, 1.807) is 19.2 Å². The van der Waals surface area contributed by atoms with Crippen molar-refractivity contribution in [1.29, 1.82) is 0 Å². The number of ether oxygens (including phenoxy) is 1. The molecule has 1 aliphatic rings. The van der Waals surface area contributed by atoms with Gasteiger partial charge in [0, 0.05) is 17.0 Å². The quantitative estimate of drug-likeness (QED) is 0.537. The third kappa shape index (κ3) is 2.06. The molecule has 4 rings (SSSR count). The maximum absolute atomic E-state index is 12.2. The monoisotopic (exact) mass is 320 g/mol. The first kappa shape index (κ1) is 14.9. The predicted molar refractivity (Wildman–Crippen MR) is 95.8 cm³/mol. The first-order chi connectivity index (χ1) is 11.4. The molecule has 0 saturated heterocycles. The van der Waals surface area contributed by atoms with Gasteiger partial charge in [-0.2, -0.15) is 0 Å². The molecule has 3 aromatic rings. The Balaban J connectivity index is 2.13. The lowest BCUT2D eigenvalue weighted by Gasteiger charge is -2.24. The summed E-state index contributed by atoms with van der Waals surface area (Å²) >= 11 is 0. The predicted octanol–water partition coefficient (Wildman–Crippen LogP) is 3.73. The van der Waals surface area contributed by atoms with Crippen molar-refractivity contribution in [2.24, 2.45) is 0 Å². The maximum atomic E-state index is 12.2. The molecule has 1 aromatic carbocycles. The molecule has 0 radical (unpaired) electrons. The Morgan fingerprint density at radius 2 is 1.96 bits per heavy atom. The Bertz CT molecular complexity index is 1030. The molecule has 4 nitrogen and oxygen atoms in total. The highest BCUT2D eigenvalue weighted by molar-refractivity contribution is 5.90. The van der Waals surface area contributed by atoms with Gasteiger partial charge in [0.1, 0.15) is 5.75 Å². The zero-order valence-corrected chi connectivity index (χ0v) is 14.4. The minimum Gasteiger partial charge on any atom is -0.497 e. The van der Waals surface area contributed by atoms with Gasteiger partial charge in [-0.05, 0) is 35.2 Å². The van der Waals surface area contributed by atoms with Crippen LogP contribution in [0.15, 0.2) is 41.2 Å². The average molecular weight is 320 g/mol. The third-order valence-corrected chi connectivity index (χ3v) is 4.65. The van der Waals surface area contributed by atoms with Crippen molar-refractivity contribution in [3.63, 3.8) is 0 Å². The number of pyridine rings is 2. The summed E-state index contributed by atoms with van der Waals surface area (Å²) in [5.41, 5.74) is 5.10. The Hall–Kier alpha value is -2.62. The molecule has 2 aromatic heterocycles. The summed E-state index contributed by atoms with van der Waals surface area (Å²) in [6.45, 7) is 7.19. The standard InChI is InChI=1S/C20H20N2O2/c1-20(2,3)18-13-10-12(24-4)8-9-15(13)21-19-14(18)11-22-16(19)6-5-7-17(22)23/h5-10H,11H2,1-4H3. The molecule has 0 fully saturated rings. The fourth-order valence-electron chi connectivity index (χ4n) is 3.68. The van der Waals surface area contributed by atoms with Gasteiger partial charge in [0.15, 0.2) is 0 Å². The van der Waals surface area contributed by atoms with E-state index >= 15 is 0 Å². The topological polar surface area (TPSA) is 44.1 Å². The van der Waals surface area contributed by atoms with E-state index in [9.17, 15) is 4.79 Å². The van der Waals surface area contributed by atoms with Gasteiger partial charge in [-0.25, -0.2) is 4.98 Å². The highest BCUT2D eigenvalue weighted by atomic mass is 16.5. The second-order valence-electron chi connectivity index (χ2n) is 7.28. The molecular weight excluding hydrogens is 300 g/mol. The molecule has 1 aliphatic heterocycles. The number of fused-ring (bicyclic) bond motifs is 4. The summed E-state index contributed by atoms with van der Waals surface area (Å²) in [6, 6.07) is 11.4. The van der Waals surface area contributed by atoms with E-state index in [1.807, 2.05) is 22.8 Å². The number of nitrogens with zero attached hydrogens (tertiary/aromatic N) is 2. The van der Waals surface area contributed by atoms with Crippen LogP contribution in [0, 0.1) is 0 Å². The maximum Gasteiger partial charge on any atom is 0.251 e. The van der Waals surface area contributed by atoms with Crippen LogP contribution in [0.1, 0.15) is 31.9 Å². The summed E-state index contributed by atoms with van der Waals surface area (Å²) in [6.07, 6.45) is 0. The van der Waals surface area contributed by atoms with Crippen molar-refractivity contribution in [3.05, 3.63) is 57.9 Å². The van der Waals surface area contributed by atoms with E-state index in [0.717, 1.165) is 33.6 Å². The summed E-state index contributed by atoms with van der Waals surface area (Å²) in [5, 5.41) is 1.10. The number of methoxy groups -OCH3 is 1. The summed E-state index contributed by atoms with van der Waals surface area (Å²) in [4.78, 5) is 17.1. The van der Waals surface area contributed by atoms with Crippen LogP contribution in [0.2, 0.25) is 0 Å². The molecule has 24 heavy (non-hydrogen) atoms. The van der Waals surface area contributed by atoms with Crippen molar-refractivity contribution in [3.8, 4) is 17.1 Å². The van der Waals surface area contributed by atoms with Gasteiger partial charge in [0.05, 0.1) is 30.6 Å². The molecule has 0 atom stereocenters. The van der Waals surface area contributed by atoms with Gasteiger partial charge in [-0.1, -0.05) is 26.8 Å². The minimum atomic E-state index is -0.0662. The van der Waals surface area contributed by atoms with Crippen LogP contribution in [-0.2, 0) is 12.0 Å². The highest BCUT2D eigenvalue weighted by Gasteiger charge is 2.30. The second-order valence-corrected chi connectivity index (χ2v) is 7.28. The first-order valence-corrected chi connectivity index (χ1v) is 8.11. The molecule has 0 bridgehead atoms. The molecule has 0 spiro atoms. The van der Waals surface area contributed by atoms with Gasteiger partial charge in [-0.15, -0.1) is 0 Å². The number of aromatic nitrogens is 2. The zero-order chi connectivity index (χ0) is 17.1. The van der Waals surface area contributed by atoms with Gasteiger partial charge in [-0.3, -0.25) is 4.79 Å². The molecule has 0 N–H and O–H groups in total.